The average Bonchev–Trinajstić information content (AvgIpc) is 2.86. The Balaban J connectivity index is 2.12. The summed E-state index contributed by atoms with van der Waals surface area (Å²) >= 11 is 0. The number of carbonyl (C=O) groups excluding carboxylic acids is 1. The van der Waals surface area contributed by atoms with Crippen LogP contribution in [0.5, 0.6) is 0 Å². The lowest BCUT2D eigenvalue weighted by molar-refractivity contribution is 0.0594. The SMILES string of the molecule is COC(=O)c1coc([C@@H]2CCCN2)n1. The van der Waals surface area contributed by atoms with E-state index >= 15 is 0 Å². The van der Waals surface area contributed by atoms with Gasteiger partial charge in [-0.05, 0) is 19.4 Å². The molecule has 1 aliphatic heterocycles. The van der Waals surface area contributed by atoms with Crippen molar-refractivity contribution in [1.82, 2.24) is 10.3 Å². The molecule has 2 rings (SSSR count). The van der Waals surface area contributed by atoms with Crippen LogP contribution in [0.2, 0.25) is 0 Å². The van der Waals surface area contributed by atoms with Crippen LogP contribution < -0.4 is 5.32 Å². The van der Waals surface area contributed by atoms with Crippen molar-refractivity contribution in [2.75, 3.05) is 13.7 Å². The number of rotatable bonds is 2. The fraction of sp³-hybridized carbons (Fsp3) is 0.556. The van der Waals surface area contributed by atoms with Crippen LogP contribution in [0.1, 0.15) is 35.3 Å². The highest BCUT2D eigenvalue weighted by Crippen LogP contribution is 2.22. The summed E-state index contributed by atoms with van der Waals surface area (Å²) in [7, 11) is 1.32. The summed E-state index contributed by atoms with van der Waals surface area (Å²) in [5, 5.41) is 3.23. The van der Waals surface area contributed by atoms with Crippen molar-refractivity contribution in [3.63, 3.8) is 0 Å². The predicted octanol–water partition coefficient (Wildman–Crippen LogP) is 0.886. The maximum Gasteiger partial charge on any atom is 0.360 e. The van der Waals surface area contributed by atoms with Gasteiger partial charge in [-0.25, -0.2) is 9.78 Å². The molecule has 1 N–H and O–H groups in total. The van der Waals surface area contributed by atoms with Crippen LogP contribution in [0.15, 0.2) is 10.7 Å². The van der Waals surface area contributed by atoms with Crippen molar-refractivity contribution in [2.24, 2.45) is 0 Å². The predicted molar refractivity (Wildman–Crippen MR) is 47.8 cm³/mol. The molecule has 1 aliphatic rings. The third-order valence-electron chi connectivity index (χ3n) is 2.27. The highest BCUT2D eigenvalue weighted by Gasteiger charge is 2.22. The highest BCUT2D eigenvalue weighted by atomic mass is 16.5. The molecule has 0 spiro atoms. The second kappa shape index (κ2) is 3.79. The Hall–Kier alpha value is -1.36. The van der Waals surface area contributed by atoms with E-state index in [-0.39, 0.29) is 11.7 Å². The first kappa shape index (κ1) is 9.21. The van der Waals surface area contributed by atoms with E-state index in [1.165, 1.54) is 13.4 Å². The van der Waals surface area contributed by atoms with Gasteiger partial charge in [-0.1, -0.05) is 0 Å². The Bertz CT molecular complexity index is 329. The summed E-state index contributed by atoms with van der Waals surface area (Å²) in [5.74, 6) is 0.112. The van der Waals surface area contributed by atoms with E-state index in [0.717, 1.165) is 19.4 Å². The highest BCUT2D eigenvalue weighted by molar-refractivity contribution is 5.86. The van der Waals surface area contributed by atoms with E-state index in [1.54, 1.807) is 0 Å². The Labute approximate surface area is 81.5 Å². The number of nitrogens with one attached hydrogen (secondary N) is 1. The normalized spacial score (nSPS) is 21.1. The van der Waals surface area contributed by atoms with Gasteiger partial charge in [-0.2, -0.15) is 0 Å². The standard InChI is InChI=1S/C9H12N2O3/c1-13-9(12)7-5-14-8(11-7)6-3-2-4-10-6/h5-6,10H,2-4H2,1H3/t6-/m0/s1. The van der Waals surface area contributed by atoms with Crippen molar-refractivity contribution < 1.29 is 13.9 Å². The van der Waals surface area contributed by atoms with Crippen LogP contribution in [0.3, 0.4) is 0 Å². The summed E-state index contributed by atoms with van der Waals surface area (Å²) < 4.78 is 9.73. The molecule has 1 saturated heterocycles. The lowest BCUT2D eigenvalue weighted by Crippen LogP contribution is -2.13. The molecule has 0 aromatic carbocycles. The van der Waals surface area contributed by atoms with Gasteiger partial charge in [0.25, 0.3) is 0 Å². The minimum absolute atomic E-state index is 0.147. The summed E-state index contributed by atoms with van der Waals surface area (Å²) in [6.45, 7) is 0.973. The Morgan fingerprint density at radius 2 is 2.64 bits per heavy atom. The molecule has 0 unspecified atom stereocenters. The van der Waals surface area contributed by atoms with Gasteiger partial charge in [0.1, 0.15) is 6.26 Å². The van der Waals surface area contributed by atoms with Crippen molar-refractivity contribution in [3.8, 4) is 0 Å². The van der Waals surface area contributed by atoms with Gasteiger partial charge in [-0.3, -0.25) is 0 Å². The Kier molecular flexibility index (Phi) is 2.49. The van der Waals surface area contributed by atoms with Gasteiger partial charge < -0.3 is 14.5 Å². The fourth-order valence-corrected chi connectivity index (χ4v) is 1.54. The summed E-state index contributed by atoms with van der Waals surface area (Å²) in [4.78, 5) is 15.1. The molecular formula is C9H12N2O3. The van der Waals surface area contributed by atoms with E-state index in [0.29, 0.717) is 5.89 Å². The number of ether oxygens (including phenoxy) is 1. The number of methoxy groups -OCH3 is 1. The molecular weight excluding hydrogens is 184 g/mol. The van der Waals surface area contributed by atoms with Gasteiger partial charge in [0.15, 0.2) is 5.69 Å². The molecule has 1 atom stereocenters. The van der Waals surface area contributed by atoms with E-state index in [2.05, 4.69) is 15.0 Å². The first-order chi connectivity index (χ1) is 6.81. The van der Waals surface area contributed by atoms with Crippen molar-refractivity contribution in [3.05, 3.63) is 17.8 Å². The van der Waals surface area contributed by atoms with Gasteiger partial charge in [0.2, 0.25) is 5.89 Å². The third kappa shape index (κ3) is 1.63. The second-order valence-electron chi connectivity index (χ2n) is 3.21. The maximum atomic E-state index is 11.1. The topological polar surface area (TPSA) is 64.4 Å². The molecule has 2 heterocycles. The lowest BCUT2D eigenvalue weighted by Gasteiger charge is -2.02. The van der Waals surface area contributed by atoms with Gasteiger partial charge in [0, 0.05) is 0 Å². The molecule has 1 fully saturated rings. The largest absolute Gasteiger partial charge is 0.464 e. The van der Waals surface area contributed by atoms with Crippen LogP contribution in [-0.2, 0) is 4.74 Å². The summed E-state index contributed by atoms with van der Waals surface area (Å²) in [6.07, 6.45) is 3.45. The van der Waals surface area contributed by atoms with Crippen molar-refractivity contribution in [2.45, 2.75) is 18.9 Å². The van der Waals surface area contributed by atoms with Crippen LogP contribution >= 0.6 is 0 Å². The molecule has 0 saturated carbocycles. The minimum Gasteiger partial charge on any atom is -0.464 e. The van der Waals surface area contributed by atoms with Gasteiger partial charge in [0.05, 0.1) is 13.2 Å². The van der Waals surface area contributed by atoms with Gasteiger partial charge >= 0.3 is 5.97 Å². The molecule has 0 bridgehead atoms. The van der Waals surface area contributed by atoms with Crippen LogP contribution in [0, 0.1) is 0 Å². The number of nitrogens with zero attached hydrogens (tertiary/aromatic N) is 1. The fourth-order valence-electron chi connectivity index (χ4n) is 1.54. The molecule has 0 aliphatic carbocycles. The minimum atomic E-state index is -0.460. The van der Waals surface area contributed by atoms with Crippen LogP contribution in [0.25, 0.3) is 0 Å². The Morgan fingerprint density at radius 1 is 1.79 bits per heavy atom. The first-order valence-electron chi connectivity index (χ1n) is 4.58. The van der Waals surface area contributed by atoms with E-state index < -0.39 is 5.97 Å². The van der Waals surface area contributed by atoms with Crippen molar-refractivity contribution >= 4 is 5.97 Å². The maximum absolute atomic E-state index is 11.1. The zero-order valence-electron chi connectivity index (χ0n) is 7.95. The molecule has 5 heteroatoms. The van der Waals surface area contributed by atoms with Crippen LogP contribution in [-0.4, -0.2) is 24.6 Å². The van der Waals surface area contributed by atoms with Crippen molar-refractivity contribution in [1.29, 1.82) is 0 Å². The molecule has 0 amide bonds. The number of esters is 1. The number of carbonyl (C=O) groups is 1. The quantitative estimate of drug-likeness (QED) is 0.711. The summed E-state index contributed by atoms with van der Waals surface area (Å²) in [6, 6.07) is 0.147. The van der Waals surface area contributed by atoms with E-state index in [1.807, 2.05) is 0 Å². The zero-order valence-corrected chi connectivity index (χ0v) is 7.95. The number of aromatic nitrogens is 1. The molecule has 1 aromatic rings. The zero-order chi connectivity index (χ0) is 9.97. The monoisotopic (exact) mass is 196 g/mol. The summed E-state index contributed by atoms with van der Waals surface area (Å²) in [5.41, 5.74) is 0.233. The first-order valence-corrected chi connectivity index (χ1v) is 4.58. The number of hydrogen-bond acceptors (Lipinski definition) is 5. The van der Waals surface area contributed by atoms with Crippen LogP contribution in [0.4, 0.5) is 0 Å². The molecule has 5 nitrogen and oxygen atoms in total. The lowest BCUT2D eigenvalue weighted by atomic mass is 10.2. The van der Waals surface area contributed by atoms with E-state index in [4.69, 9.17) is 4.42 Å². The molecule has 14 heavy (non-hydrogen) atoms. The van der Waals surface area contributed by atoms with Gasteiger partial charge in [-0.15, -0.1) is 0 Å². The second-order valence-corrected chi connectivity index (χ2v) is 3.21. The van der Waals surface area contributed by atoms with E-state index in [9.17, 15) is 4.79 Å². The smallest absolute Gasteiger partial charge is 0.360 e. The average molecular weight is 196 g/mol. The number of oxazole rings is 1. The molecule has 76 valence electrons. The third-order valence-corrected chi connectivity index (χ3v) is 2.27. The number of hydrogen-bond donors (Lipinski definition) is 1. The molecule has 1 aromatic heterocycles. The molecule has 0 radical (unpaired) electrons. The Morgan fingerprint density at radius 3 is 3.29 bits per heavy atom.